The molecule has 106 valence electrons. The number of nitrogens with zero attached hydrogens (tertiary/aromatic N) is 1. The van der Waals surface area contributed by atoms with Crippen LogP contribution in [-0.4, -0.2) is 36.9 Å². The van der Waals surface area contributed by atoms with Crippen molar-refractivity contribution in [2.45, 2.75) is 26.7 Å². The van der Waals surface area contributed by atoms with E-state index in [1.165, 1.54) is 11.3 Å². The zero-order chi connectivity index (χ0) is 13.8. The van der Waals surface area contributed by atoms with Gasteiger partial charge >= 0.3 is 0 Å². The Morgan fingerprint density at radius 3 is 2.74 bits per heavy atom. The van der Waals surface area contributed by atoms with Crippen LogP contribution in [0.5, 0.6) is 0 Å². The fraction of sp³-hybridized carbons (Fsp3) is 0.643. The zero-order valence-electron chi connectivity index (χ0n) is 11.7. The minimum atomic E-state index is 0.235. The van der Waals surface area contributed by atoms with Gasteiger partial charge in [-0.05, 0) is 32.0 Å². The van der Waals surface area contributed by atoms with Crippen LogP contribution in [0.4, 0.5) is 10.7 Å². The van der Waals surface area contributed by atoms with Gasteiger partial charge in [0, 0.05) is 19.0 Å². The van der Waals surface area contributed by atoms with E-state index in [-0.39, 0.29) is 11.7 Å². The average Bonchev–Trinajstić information content (AvgIpc) is 3.18. The first-order valence-corrected chi connectivity index (χ1v) is 7.87. The first kappa shape index (κ1) is 14.3. The monoisotopic (exact) mass is 281 g/mol. The van der Waals surface area contributed by atoms with Crippen LogP contribution in [0, 0.1) is 5.92 Å². The predicted octanol–water partition coefficient (Wildman–Crippen LogP) is 2.68. The maximum absolute atomic E-state index is 12.0. The van der Waals surface area contributed by atoms with Gasteiger partial charge in [-0.15, -0.1) is 11.3 Å². The highest BCUT2D eigenvalue weighted by Gasteiger charge is 2.32. The van der Waals surface area contributed by atoms with Crippen molar-refractivity contribution in [3.63, 3.8) is 0 Å². The van der Waals surface area contributed by atoms with Crippen molar-refractivity contribution in [2.75, 3.05) is 37.2 Å². The second kappa shape index (κ2) is 6.39. The number of rotatable bonds is 8. The minimum Gasteiger partial charge on any atom is -0.397 e. The minimum absolute atomic E-state index is 0.235. The maximum Gasteiger partial charge on any atom is 0.178 e. The van der Waals surface area contributed by atoms with Gasteiger partial charge in [0.05, 0.1) is 15.6 Å². The molecule has 0 unspecified atom stereocenters. The van der Waals surface area contributed by atoms with Crippen LogP contribution in [-0.2, 0) is 0 Å². The molecule has 3 N–H and O–H groups in total. The van der Waals surface area contributed by atoms with Gasteiger partial charge in [0.1, 0.15) is 0 Å². The lowest BCUT2D eigenvalue weighted by Gasteiger charge is -2.17. The van der Waals surface area contributed by atoms with Crippen molar-refractivity contribution < 1.29 is 4.79 Å². The summed E-state index contributed by atoms with van der Waals surface area (Å²) < 4.78 is 0. The molecule has 1 aromatic heterocycles. The number of Topliss-reactive ketones (excluding diaryl/α,β-unsaturated/α-hetero) is 1. The standard InChI is InChI=1S/C14H23N3OS/c1-3-17(4-2)8-7-16-12-9-11(15)14(19-12)13(18)10-5-6-10/h9-10,16H,3-8,15H2,1-2H3. The number of anilines is 2. The molecule has 1 aliphatic rings. The van der Waals surface area contributed by atoms with Crippen LogP contribution in [0.15, 0.2) is 6.07 Å². The molecule has 0 spiro atoms. The lowest BCUT2D eigenvalue weighted by atomic mass is 10.2. The van der Waals surface area contributed by atoms with Crippen molar-refractivity contribution in [3.05, 3.63) is 10.9 Å². The first-order valence-electron chi connectivity index (χ1n) is 7.05. The third kappa shape index (κ3) is 3.70. The number of carbonyl (C=O) groups is 1. The molecule has 0 radical (unpaired) electrons. The van der Waals surface area contributed by atoms with Gasteiger partial charge in [-0.25, -0.2) is 0 Å². The van der Waals surface area contributed by atoms with Gasteiger partial charge in [0.25, 0.3) is 0 Å². The number of nitrogens with two attached hydrogens (primary N) is 1. The summed E-state index contributed by atoms with van der Waals surface area (Å²) >= 11 is 1.50. The van der Waals surface area contributed by atoms with Crippen molar-refractivity contribution in [1.29, 1.82) is 0 Å². The maximum atomic E-state index is 12.0. The van der Waals surface area contributed by atoms with Crippen molar-refractivity contribution in [1.82, 2.24) is 4.90 Å². The second-order valence-electron chi connectivity index (χ2n) is 4.99. The fourth-order valence-corrected chi connectivity index (χ4v) is 3.12. The number of likely N-dealkylation sites (N-methyl/N-ethyl adjacent to an activating group) is 1. The van der Waals surface area contributed by atoms with E-state index in [1.54, 1.807) is 0 Å². The highest BCUT2D eigenvalue weighted by molar-refractivity contribution is 7.18. The SMILES string of the molecule is CCN(CC)CCNc1cc(N)c(C(=O)C2CC2)s1. The van der Waals surface area contributed by atoms with Gasteiger partial charge in [-0.2, -0.15) is 0 Å². The largest absolute Gasteiger partial charge is 0.397 e. The van der Waals surface area contributed by atoms with E-state index in [2.05, 4.69) is 24.1 Å². The molecule has 0 saturated heterocycles. The van der Waals surface area contributed by atoms with Gasteiger partial charge < -0.3 is 16.0 Å². The molecule has 0 bridgehead atoms. The van der Waals surface area contributed by atoms with Gasteiger partial charge in [0.15, 0.2) is 5.78 Å². The molecule has 1 heterocycles. The third-order valence-corrected chi connectivity index (χ3v) is 4.68. The lowest BCUT2D eigenvalue weighted by Crippen LogP contribution is -2.28. The molecule has 0 amide bonds. The number of nitrogens with one attached hydrogen (secondary N) is 1. The molecule has 0 aliphatic heterocycles. The third-order valence-electron chi connectivity index (χ3n) is 3.55. The van der Waals surface area contributed by atoms with E-state index in [0.717, 1.165) is 48.9 Å². The number of ketones is 1. The molecule has 2 rings (SSSR count). The van der Waals surface area contributed by atoms with E-state index in [9.17, 15) is 4.79 Å². The molecule has 4 nitrogen and oxygen atoms in total. The van der Waals surface area contributed by atoms with Crippen LogP contribution in [0.25, 0.3) is 0 Å². The topological polar surface area (TPSA) is 58.4 Å². The molecule has 1 aromatic rings. The summed E-state index contributed by atoms with van der Waals surface area (Å²) in [4.78, 5) is 15.1. The average molecular weight is 281 g/mol. The van der Waals surface area contributed by atoms with Crippen LogP contribution in [0.1, 0.15) is 36.4 Å². The van der Waals surface area contributed by atoms with Crippen molar-refractivity contribution in [2.24, 2.45) is 5.92 Å². The van der Waals surface area contributed by atoms with Gasteiger partial charge in [-0.1, -0.05) is 13.8 Å². The Balaban J connectivity index is 1.87. The molecule has 1 fully saturated rings. The number of nitrogen functional groups attached to an aromatic ring is 1. The molecular formula is C14H23N3OS. The number of hydrogen-bond donors (Lipinski definition) is 2. The van der Waals surface area contributed by atoms with Gasteiger partial charge in [0.2, 0.25) is 0 Å². The first-order chi connectivity index (χ1) is 9.15. The summed E-state index contributed by atoms with van der Waals surface area (Å²) in [6, 6.07) is 1.89. The summed E-state index contributed by atoms with van der Waals surface area (Å²) in [7, 11) is 0. The molecule has 5 heteroatoms. The highest BCUT2D eigenvalue weighted by Crippen LogP contribution is 2.38. The zero-order valence-corrected chi connectivity index (χ0v) is 12.6. The van der Waals surface area contributed by atoms with Crippen LogP contribution < -0.4 is 11.1 Å². The normalized spacial score (nSPS) is 14.9. The Hall–Kier alpha value is -1.07. The molecule has 19 heavy (non-hydrogen) atoms. The molecule has 0 atom stereocenters. The highest BCUT2D eigenvalue weighted by atomic mass is 32.1. The Kier molecular flexibility index (Phi) is 4.82. The molecule has 1 saturated carbocycles. The quantitative estimate of drug-likeness (QED) is 0.719. The summed E-state index contributed by atoms with van der Waals surface area (Å²) in [5.41, 5.74) is 6.56. The number of hydrogen-bond acceptors (Lipinski definition) is 5. The molecule has 0 aromatic carbocycles. The predicted molar refractivity (Wildman–Crippen MR) is 82.1 cm³/mol. The van der Waals surface area contributed by atoms with Crippen LogP contribution >= 0.6 is 11.3 Å². The molecule has 1 aliphatic carbocycles. The Bertz CT molecular complexity index is 436. The molecular weight excluding hydrogens is 258 g/mol. The Morgan fingerprint density at radius 1 is 1.47 bits per heavy atom. The lowest BCUT2D eigenvalue weighted by molar-refractivity contribution is 0.0972. The van der Waals surface area contributed by atoms with Crippen LogP contribution in [0.3, 0.4) is 0 Å². The smallest absolute Gasteiger partial charge is 0.178 e. The van der Waals surface area contributed by atoms with E-state index in [0.29, 0.717) is 5.69 Å². The Labute approximate surface area is 119 Å². The van der Waals surface area contributed by atoms with E-state index >= 15 is 0 Å². The Morgan fingerprint density at radius 2 is 2.16 bits per heavy atom. The summed E-state index contributed by atoms with van der Waals surface area (Å²) in [5.74, 6) is 0.476. The summed E-state index contributed by atoms with van der Waals surface area (Å²) in [6.07, 6.45) is 2.06. The number of carbonyl (C=O) groups excluding carboxylic acids is 1. The van der Waals surface area contributed by atoms with E-state index in [1.807, 2.05) is 6.07 Å². The van der Waals surface area contributed by atoms with Gasteiger partial charge in [-0.3, -0.25) is 4.79 Å². The van der Waals surface area contributed by atoms with E-state index < -0.39 is 0 Å². The van der Waals surface area contributed by atoms with Crippen molar-refractivity contribution >= 4 is 27.8 Å². The van der Waals surface area contributed by atoms with Crippen molar-refractivity contribution in [3.8, 4) is 0 Å². The number of thiophene rings is 1. The van der Waals surface area contributed by atoms with E-state index in [4.69, 9.17) is 5.73 Å². The summed E-state index contributed by atoms with van der Waals surface area (Å²) in [5, 5.41) is 4.37. The fourth-order valence-electron chi connectivity index (χ4n) is 2.09. The summed E-state index contributed by atoms with van der Waals surface area (Å²) in [6.45, 7) is 8.36. The van der Waals surface area contributed by atoms with Crippen LogP contribution in [0.2, 0.25) is 0 Å². The second-order valence-corrected chi connectivity index (χ2v) is 6.04.